The van der Waals surface area contributed by atoms with E-state index in [0.29, 0.717) is 34.9 Å². The van der Waals surface area contributed by atoms with Crippen LogP contribution >= 0.6 is 11.3 Å². The van der Waals surface area contributed by atoms with E-state index in [1.807, 2.05) is 64.3 Å². The smallest absolute Gasteiger partial charge is 0.248 e. The average Bonchev–Trinajstić information content (AvgIpc) is 3.31. The van der Waals surface area contributed by atoms with Crippen LogP contribution in [0.5, 0.6) is 0 Å². The lowest BCUT2D eigenvalue weighted by Gasteiger charge is -2.29. The second-order valence-electron chi connectivity index (χ2n) is 8.05. The Bertz CT molecular complexity index is 1180. The monoisotopic (exact) mass is 495 g/mol. The van der Waals surface area contributed by atoms with Crippen LogP contribution < -0.4 is 5.32 Å². The lowest BCUT2D eigenvalue weighted by molar-refractivity contribution is -0.0361. The van der Waals surface area contributed by atoms with Crippen molar-refractivity contribution in [1.29, 1.82) is 0 Å². The van der Waals surface area contributed by atoms with E-state index in [2.05, 4.69) is 32.6 Å². The van der Waals surface area contributed by atoms with Gasteiger partial charge < -0.3 is 5.32 Å². The van der Waals surface area contributed by atoms with Crippen LogP contribution in [0.3, 0.4) is 0 Å². The van der Waals surface area contributed by atoms with Crippen molar-refractivity contribution >= 4 is 28.9 Å². The largest absolute Gasteiger partial charge is 0.366 e. The van der Waals surface area contributed by atoms with Crippen molar-refractivity contribution < 1.29 is 8.78 Å². The third kappa shape index (κ3) is 6.70. The second kappa shape index (κ2) is 12.0. The summed E-state index contributed by atoms with van der Waals surface area (Å²) in [4.78, 5) is 8.96. The third-order valence-electron chi connectivity index (χ3n) is 5.61. The van der Waals surface area contributed by atoms with Crippen LogP contribution in [0.25, 0.3) is 27.4 Å². The Morgan fingerprint density at radius 3 is 2.57 bits per heavy atom. The zero-order chi connectivity index (χ0) is 25.4. The Balaban J connectivity index is 0.00000167. The standard InChI is InChI=1S/C25H25F2N5S.C2H6/c1-4-17(15-28-3)18-6-5-7-19(14-18)22-9-8-21(24-32-31-16(2)33-24)23(30-22)29-20-10-12-25(26,27)13-11-20;1-2/h4-7,14-15,20H,10-13H2,1-3H3,(H,29,30);1-2H3/b17-4+,28-15?;. The van der Waals surface area contributed by atoms with Gasteiger partial charge in [0.15, 0.2) is 5.01 Å². The normalized spacial score (nSPS) is 15.9. The number of nitrogens with zero attached hydrogens (tertiary/aromatic N) is 4. The molecule has 1 aliphatic rings. The van der Waals surface area contributed by atoms with Crippen molar-refractivity contribution in [3.05, 3.63) is 53.0 Å². The molecule has 0 amide bonds. The molecule has 5 nitrogen and oxygen atoms in total. The first-order chi connectivity index (χ1) is 16.9. The number of hydrogen-bond acceptors (Lipinski definition) is 6. The Morgan fingerprint density at radius 2 is 1.94 bits per heavy atom. The summed E-state index contributed by atoms with van der Waals surface area (Å²) >= 11 is 1.44. The quantitative estimate of drug-likeness (QED) is 0.365. The first-order valence-corrected chi connectivity index (χ1v) is 12.7. The van der Waals surface area contributed by atoms with Gasteiger partial charge in [-0.05, 0) is 50.0 Å². The van der Waals surface area contributed by atoms with E-state index in [-0.39, 0.29) is 18.9 Å². The average molecular weight is 496 g/mol. The molecule has 184 valence electrons. The van der Waals surface area contributed by atoms with Gasteiger partial charge in [-0.3, -0.25) is 4.99 Å². The number of rotatable bonds is 6. The van der Waals surface area contributed by atoms with Crippen molar-refractivity contribution in [2.75, 3.05) is 12.4 Å². The molecule has 1 N–H and O–H groups in total. The van der Waals surface area contributed by atoms with Crippen LogP contribution in [0.4, 0.5) is 14.6 Å². The molecule has 2 heterocycles. The molecule has 1 fully saturated rings. The molecule has 1 aliphatic carbocycles. The molecule has 4 rings (SSSR count). The Kier molecular flexibility index (Phi) is 9.05. The van der Waals surface area contributed by atoms with Crippen LogP contribution in [0.15, 0.2) is 35.3 Å². The highest BCUT2D eigenvalue weighted by atomic mass is 32.1. The molecular weight excluding hydrogens is 464 g/mol. The van der Waals surface area contributed by atoms with Crippen molar-refractivity contribution in [3.63, 3.8) is 0 Å². The van der Waals surface area contributed by atoms with Gasteiger partial charge in [0.05, 0.1) is 0 Å². The van der Waals surface area contributed by atoms with Gasteiger partial charge >= 0.3 is 0 Å². The molecular formula is C27H31F2N5S. The molecule has 2 aromatic heterocycles. The van der Waals surface area contributed by atoms with E-state index < -0.39 is 5.92 Å². The molecule has 35 heavy (non-hydrogen) atoms. The number of halogens is 2. The minimum absolute atomic E-state index is 0.0877. The molecule has 1 saturated carbocycles. The van der Waals surface area contributed by atoms with Crippen LogP contribution in [-0.4, -0.2) is 40.4 Å². The van der Waals surface area contributed by atoms with E-state index in [0.717, 1.165) is 21.7 Å². The number of aliphatic imine (C=N–C) groups is 1. The van der Waals surface area contributed by atoms with Crippen molar-refractivity contribution in [3.8, 4) is 21.8 Å². The maximum atomic E-state index is 13.7. The second-order valence-corrected chi connectivity index (χ2v) is 9.23. The van der Waals surface area contributed by atoms with Gasteiger partial charge in [-0.2, -0.15) is 0 Å². The fourth-order valence-corrected chi connectivity index (χ4v) is 4.54. The maximum Gasteiger partial charge on any atom is 0.248 e. The van der Waals surface area contributed by atoms with Crippen LogP contribution in [-0.2, 0) is 0 Å². The lowest BCUT2D eigenvalue weighted by Crippen LogP contribution is -2.32. The molecule has 0 saturated heterocycles. The van der Waals surface area contributed by atoms with E-state index in [1.54, 1.807) is 7.05 Å². The topological polar surface area (TPSA) is 63.1 Å². The SMILES string of the molecule is C/C=C(\C=NC)c1cccc(-c2c#cc(-c3nnc(C)s3)c(NC3CCC(F)(F)CC3)n2)c1.CC. The van der Waals surface area contributed by atoms with Gasteiger partial charge in [-0.25, -0.2) is 13.8 Å². The zero-order valence-electron chi connectivity index (χ0n) is 20.8. The van der Waals surface area contributed by atoms with E-state index in [4.69, 9.17) is 4.98 Å². The summed E-state index contributed by atoms with van der Waals surface area (Å²) in [5.74, 6) is -2.01. The fourth-order valence-electron chi connectivity index (χ4n) is 3.85. The van der Waals surface area contributed by atoms with Gasteiger partial charge in [-0.15, -0.1) is 10.2 Å². The molecule has 3 aromatic rings. The van der Waals surface area contributed by atoms with Crippen LogP contribution in [0.2, 0.25) is 0 Å². The van der Waals surface area contributed by atoms with Crippen molar-refractivity contribution in [2.45, 2.75) is 65.3 Å². The van der Waals surface area contributed by atoms with E-state index in [1.165, 1.54) is 11.3 Å². The molecule has 0 atom stereocenters. The Labute approximate surface area is 210 Å². The first kappa shape index (κ1) is 26.4. The summed E-state index contributed by atoms with van der Waals surface area (Å²) in [5.41, 5.74) is 4.18. The molecule has 0 radical (unpaired) electrons. The number of anilines is 1. The summed E-state index contributed by atoms with van der Waals surface area (Å²) in [6.07, 6.45) is 4.33. The number of allylic oxidation sites excluding steroid dienone is 2. The number of aryl methyl sites for hydroxylation is 1. The van der Waals surface area contributed by atoms with Gasteiger partial charge in [0.1, 0.15) is 22.1 Å². The fraction of sp³-hybridized carbons (Fsp3) is 0.407. The summed E-state index contributed by atoms with van der Waals surface area (Å²) < 4.78 is 27.3. The molecule has 0 spiro atoms. The molecule has 1 aromatic carbocycles. The summed E-state index contributed by atoms with van der Waals surface area (Å²) in [6, 6.07) is 14.2. The number of benzene rings is 1. The van der Waals surface area contributed by atoms with Gasteiger partial charge in [0.25, 0.3) is 0 Å². The van der Waals surface area contributed by atoms with E-state index >= 15 is 0 Å². The predicted octanol–water partition coefficient (Wildman–Crippen LogP) is 7.30. The van der Waals surface area contributed by atoms with Crippen molar-refractivity contribution in [2.24, 2.45) is 4.99 Å². The third-order valence-corrected chi connectivity index (χ3v) is 6.47. The maximum absolute atomic E-state index is 13.7. The minimum Gasteiger partial charge on any atom is -0.366 e. The molecule has 8 heteroatoms. The highest BCUT2D eigenvalue weighted by Gasteiger charge is 2.35. The predicted molar refractivity (Wildman–Crippen MR) is 141 cm³/mol. The molecule has 0 unspecified atom stereocenters. The summed E-state index contributed by atoms with van der Waals surface area (Å²) in [6.45, 7) is 7.85. The number of alkyl halides is 2. The highest BCUT2D eigenvalue weighted by Crippen LogP contribution is 2.36. The Hall–Kier alpha value is -3.18. The summed E-state index contributed by atoms with van der Waals surface area (Å²) in [5, 5.41) is 13.2. The first-order valence-electron chi connectivity index (χ1n) is 11.9. The minimum atomic E-state index is -2.58. The van der Waals surface area contributed by atoms with Gasteiger partial charge in [0, 0.05) is 37.7 Å². The number of aromatic nitrogens is 3. The van der Waals surface area contributed by atoms with E-state index in [9.17, 15) is 8.78 Å². The lowest BCUT2D eigenvalue weighted by atomic mass is 9.92. The Morgan fingerprint density at radius 1 is 1.20 bits per heavy atom. The van der Waals surface area contributed by atoms with Gasteiger partial charge in [-0.1, -0.05) is 55.5 Å². The molecule has 0 bridgehead atoms. The number of hydrogen-bond donors (Lipinski definition) is 1. The zero-order valence-corrected chi connectivity index (χ0v) is 21.6. The van der Waals surface area contributed by atoms with Crippen LogP contribution in [0, 0.1) is 19.1 Å². The highest BCUT2D eigenvalue weighted by molar-refractivity contribution is 7.14. The summed E-state index contributed by atoms with van der Waals surface area (Å²) in [7, 11) is 1.74. The van der Waals surface area contributed by atoms with Gasteiger partial charge in [0.2, 0.25) is 5.92 Å². The number of nitrogens with one attached hydrogen (secondary N) is 1. The van der Waals surface area contributed by atoms with Crippen LogP contribution in [0.1, 0.15) is 57.0 Å². The molecule has 0 aliphatic heterocycles. The van der Waals surface area contributed by atoms with Crippen molar-refractivity contribution in [1.82, 2.24) is 15.2 Å².